The number of ether oxygens (including phenoxy) is 1. The number of para-hydroxylation sites is 1. The van der Waals surface area contributed by atoms with E-state index >= 15 is 0 Å². The van der Waals surface area contributed by atoms with Crippen molar-refractivity contribution in [2.45, 2.75) is 6.42 Å². The fourth-order valence-electron chi connectivity index (χ4n) is 2.25. The zero-order chi connectivity index (χ0) is 11.5. The van der Waals surface area contributed by atoms with Crippen molar-refractivity contribution in [1.82, 2.24) is 4.98 Å². The van der Waals surface area contributed by atoms with Crippen molar-refractivity contribution in [3.8, 4) is 0 Å². The van der Waals surface area contributed by atoms with Crippen LogP contribution in [0.5, 0.6) is 0 Å². The first-order valence-corrected chi connectivity index (χ1v) is 6.09. The zero-order valence-corrected chi connectivity index (χ0v) is 9.73. The maximum Gasteiger partial charge on any atom is 0.0933 e. The van der Waals surface area contributed by atoms with E-state index in [-0.39, 0.29) is 0 Å². The molecule has 3 rings (SSSR count). The van der Waals surface area contributed by atoms with Gasteiger partial charge in [0.05, 0.1) is 17.8 Å². The Kier molecular flexibility index (Phi) is 2.92. The van der Waals surface area contributed by atoms with Gasteiger partial charge in [0.15, 0.2) is 0 Å². The Labute approximate surface area is 101 Å². The minimum Gasteiger partial charge on any atom is -0.383 e. The molecule has 1 aromatic carbocycles. The van der Waals surface area contributed by atoms with Gasteiger partial charge in [0.1, 0.15) is 0 Å². The number of aromatic nitrogens is 1. The van der Waals surface area contributed by atoms with Crippen molar-refractivity contribution in [3.63, 3.8) is 0 Å². The molecule has 1 atom stereocenters. The van der Waals surface area contributed by atoms with Crippen molar-refractivity contribution in [1.29, 1.82) is 0 Å². The molecule has 3 nitrogen and oxygen atoms in total. The Balaban J connectivity index is 1.79. The third-order valence-corrected chi connectivity index (χ3v) is 3.24. The lowest BCUT2D eigenvalue weighted by Crippen LogP contribution is -2.14. The third kappa shape index (κ3) is 2.24. The second kappa shape index (κ2) is 4.72. The quantitative estimate of drug-likeness (QED) is 0.877. The number of pyridine rings is 1. The SMILES string of the molecule is c1cnc2c(NCC3CCOC3)cccc2c1. The van der Waals surface area contributed by atoms with Gasteiger partial charge in [0.2, 0.25) is 0 Å². The van der Waals surface area contributed by atoms with Gasteiger partial charge in [-0.3, -0.25) is 4.98 Å². The summed E-state index contributed by atoms with van der Waals surface area (Å²) in [5, 5.41) is 4.67. The molecule has 1 N–H and O–H groups in total. The number of benzene rings is 1. The van der Waals surface area contributed by atoms with E-state index in [0.717, 1.165) is 37.4 Å². The molecule has 1 unspecified atom stereocenters. The monoisotopic (exact) mass is 228 g/mol. The molecule has 1 saturated heterocycles. The molecule has 1 aliphatic rings. The number of hydrogen-bond acceptors (Lipinski definition) is 3. The lowest BCUT2D eigenvalue weighted by Gasteiger charge is -2.12. The van der Waals surface area contributed by atoms with Crippen LogP contribution in [-0.4, -0.2) is 24.7 Å². The van der Waals surface area contributed by atoms with Crippen LogP contribution in [0.4, 0.5) is 5.69 Å². The van der Waals surface area contributed by atoms with Crippen LogP contribution >= 0.6 is 0 Å². The van der Waals surface area contributed by atoms with Crippen molar-refractivity contribution >= 4 is 16.6 Å². The van der Waals surface area contributed by atoms with Gasteiger partial charge in [0.25, 0.3) is 0 Å². The summed E-state index contributed by atoms with van der Waals surface area (Å²) in [6.07, 6.45) is 3.00. The van der Waals surface area contributed by atoms with Gasteiger partial charge in [-0.15, -0.1) is 0 Å². The van der Waals surface area contributed by atoms with Gasteiger partial charge in [0, 0.05) is 30.7 Å². The largest absolute Gasteiger partial charge is 0.383 e. The van der Waals surface area contributed by atoms with E-state index in [4.69, 9.17) is 4.74 Å². The first-order valence-electron chi connectivity index (χ1n) is 6.09. The first kappa shape index (κ1) is 10.5. The summed E-state index contributed by atoms with van der Waals surface area (Å²) >= 11 is 0. The predicted molar refractivity (Wildman–Crippen MR) is 69.2 cm³/mol. The molecule has 2 aromatic rings. The van der Waals surface area contributed by atoms with E-state index in [9.17, 15) is 0 Å². The average molecular weight is 228 g/mol. The maximum absolute atomic E-state index is 5.38. The van der Waals surface area contributed by atoms with E-state index in [1.807, 2.05) is 12.3 Å². The Hall–Kier alpha value is -1.61. The summed E-state index contributed by atoms with van der Waals surface area (Å²) in [5.74, 6) is 0.633. The summed E-state index contributed by atoms with van der Waals surface area (Å²) < 4.78 is 5.38. The molecule has 0 bridgehead atoms. The van der Waals surface area contributed by atoms with Gasteiger partial charge >= 0.3 is 0 Å². The Morgan fingerprint density at radius 3 is 3.12 bits per heavy atom. The topological polar surface area (TPSA) is 34.2 Å². The highest BCUT2D eigenvalue weighted by atomic mass is 16.5. The zero-order valence-electron chi connectivity index (χ0n) is 9.73. The lowest BCUT2D eigenvalue weighted by atomic mass is 10.1. The standard InChI is InChI=1S/C14H16N2O/c1-3-12-4-2-7-15-14(12)13(5-1)16-9-11-6-8-17-10-11/h1-5,7,11,16H,6,8-10H2. The summed E-state index contributed by atoms with van der Waals surface area (Å²) in [6, 6.07) is 10.3. The van der Waals surface area contributed by atoms with Crippen LogP contribution < -0.4 is 5.32 Å². The van der Waals surface area contributed by atoms with Crippen LogP contribution in [0.2, 0.25) is 0 Å². The van der Waals surface area contributed by atoms with E-state index in [0.29, 0.717) is 5.92 Å². The molecule has 1 fully saturated rings. The molecule has 3 heteroatoms. The van der Waals surface area contributed by atoms with Crippen molar-refractivity contribution < 1.29 is 4.74 Å². The van der Waals surface area contributed by atoms with Crippen molar-refractivity contribution in [3.05, 3.63) is 36.5 Å². The highest BCUT2D eigenvalue weighted by Gasteiger charge is 2.15. The molecular formula is C14H16N2O. The summed E-state index contributed by atoms with van der Waals surface area (Å²) in [7, 11) is 0. The van der Waals surface area contributed by atoms with E-state index in [1.54, 1.807) is 0 Å². The molecule has 0 aliphatic carbocycles. The van der Waals surface area contributed by atoms with Gasteiger partial charge in [-0.05, 0) is 18.6 Å². The Morgan fingerprint density at radius 1 is 1.29 bits per heavy atom. The number of hydrogen-bond donors (Lipinski definition) is 1. The first-order chi connectivity index (χ1) is 8.43. The number of rotatable bonds is 3. The number of fused-ring (bicyclic) bond motifs is 1. The highest BCUT2D eigenvalue weighted by Crippen LogP contribution is 2.21. The molecular weight excluding hydrogens is 212 g/mol. The van der Waals surface area contributed by atoms with Crippen LogP contribution in [0.3, 0.4) is 0 Å². The molecule has 17 heavy (non-hydrogen) atoms. The van der Waals surface area contributed by atoms with Gasteiger partial charge in [-0.1, -0.05) is 18.2 Å². The average Bonchev–Trinajstić information content (AvgIpc) is 2.89. The van der Waals surface area contributed by atoms with Crippen molar-refractivity contribution in [2.75, 3.05) is 25.1 Å². The van der Waals surface area contributed by atoms with Crippen LogP contribution in [0.15, 0.2) is 36.5 Å². The summed E-state index contributed by atoms with van der Waals surface area (Å²) in [6.45, 7) is 2.75. The number of anilines is 1. The minimum atomic E-state index is 0.633. The summed E-state index contributed by atoms with van der Waals surface area (Å²) in [5.41, 5.74) is 2.17. The van der Waals surface area contributed by atoms with E-state index < -0.39 is 0 Å². The molecule has 0 spiro atoms. The second-order valence-corrected chi connectivity index (χ2v) is 4.49. The van der Waals surface area contributed by atoms with Gasteiger partial charge in [-0.25, -0.2) is 0 Å². The predicted octanol–water partition coefficient (Wildman–Crippen LogP) is 2.68. The number of nitrogens with one attached hydrogen (secondary N) is 1. The Morgan fingerprint density at radius 2 is 2.24 bits per heavy atom. The smallest absolute Gasteiger partial charge is 0.0933 e. The molecule has 88 valence electrons. The normalized spacial score (nSPS) is 19.6. The van der Waals surface area contributed by atoms with Crippen LogP contribution in [-0.2, 0) is 4.74 Å². The minimum absolute atomic E-state index is 0.633. The molecule has 0 amide bonds. The van der Waals surface area contributed by atoms with Crippen molar-refractivity contribution in [2.24, 2.45) is 5.92 Å². The Bertz CT molecular complexity index is 501. The number of nitrogens with zero attached hydrogens (tertiary/aromatic N) is 1. The van der Waals surface area contributed by atoms with Gasteiger partial charge < -0.3 is 10.1 Å². The third-order valence-electron chi connectivity index (χ3n) is 3.24. The van der Waals surface area contributed by atoms with E-state index in [1.165, 1.54) is 5.39 Å². The molecule has 0 radical (unpaired) electrons. The molecule has 0 saturated carbocycles. The van der Waals surface area contributed by atoms with E-state index in [2.05, 4.69) is 34.6 Å². The lowest BCUT2D eigenvalue weighted by molar-refractivity contribution is 0.187. The fraction of sp³-hybridized carbons (Fsp3) is 0.357. The molecule has 1 aromatic heterocycles. The fourth-order valence-corrected chi connectivity index (χ4v) is 2.25. The van der Waals surface area contributed by atoms with Crippen LogP contribution in [0.25, 0.3) is 10.9 Å². The maximum atomic E-state index is 5.38. The van der Waals surface area contributed by atoms with Crippen LogP contribution in [0.1, 0.15) is 6.42 Å². The molecule has 1 aliphatic heterocycles. The van der Waals surface area contributed by atoms with Crippen LogP contribution in [0, 0.1) is 5.92 Å². The van der Waals surface area contributed by atoms with Gasteiger partial charge in [-0.2, -0.15) is 0 Å². The molecule has 2 heterocycles. The summed E-state index contributed by atoms with van der Waals surface area (Å²) in [4.78, 5) is 4.43. The highest BCUT2D eigenvalue weighted by molar-refractivity contribution is 5.90. The second-order valence-electron chi connectivity index (χ2n) is 4.49.